The molecule has 1 aromatic rings. The minimum Gasteiger partial charge on any atom is -0.384 e. The zero-order chi connectivity index (χ0) is 11.7. The van der Waals surface area contributed by atoms with E-state index in [0.717, 1.165) is 36.6 Å². The summed E-state index contributed by atoms with van der Waals surface area (Å²) < 4.78 is 0. The number of aryl methyl sites for hydroxylation is 1. The lowest BCUT2D eigenvalue weighted by molar-refractivity contribution is 0.355. The van der Waals surface area contributed by atoms with Gasteiger partial charge in [0, 0.05) is 19.2 Å². The number of hydrogen-bond donors (Lipinski definition) is 1. The molecule has 1 aliphatic heterocycles. The highest BCUT2D eigenvalue weighted by Crippen LogP contribution is 2.25. The van der Waals surface area contributed by atoms with Gasteiger partial charge in [0.1, 0.15) is 17.5 Å². The number of anilines is 2. The van der Waals surface area contributed by atoms with E-state index in [1.165, 1.54) is 6.42 Å². The van der Waals surface area contributed by atoms with Crippen LogP contribution < -0.4 is 10.6 Å². The molecule has 0 aliphatic carbocycles. The maximum atomic E-state index is 5.76. The largest absolute Gasteiger partial charge is 0.384 e. The van der Waals surface area contributed by atoms with Crippen molar-refractivity contribution in [2.75, 3.05) is 23.7 Å². The predicted octanol–water partition coefficient (Wildman–Crippen LogP) is 1.85. The molecule has 1 aliphatic rings. The van der Waals surface area contributed by atoms with E-state index in [0.29, 0.717) is 5.82 Å². The Hall–Kier alpha value is -1.32. The second-order valence-electron chi connectivity index (χ2n) is 5.05. The molecule has 1 aromatic heterocycles. The number of rotatable bonds is 1. The summed E-state index contributed by atoms with van der Waals surface area (Å²) >= 11 is 0. The molecular weight excluding hydrogens is 200 g/mol. The normalized spacial score (nSPS) is 25.8. The Morgan fingerprint density at radius 3 is 2.44 bits per heavy atom. The minimum atomic E-state index is 0.563. The van der Waals surface area contributed by atoms with Crippen LogP contribution in [0, 0.1) is 18.8 Å². The van der Waals surface area contributed by atoms with Crippen molar-refractivity contribution in [2.24, 2.45) is 11.8 Å². The highest BCUT2D eigenvalue weighted by Gasteiger charge is 2.23. The summed E-state index contributed by atoms with van der Waals surface area (Å²) in [6.45, 7) is 8.61. The van der Waals surface area contributed by atoms with Gasteiger partial charge < -0.3 is 10.6 Å². The molecule has 4 heteroatoms. The lowest BCUT2D eigenvalue weighted by Gasteiger charge is -2.35. The fraction of sp³-hybridized carbons (Fsp3) is 0.667. The molecule has 0 aromatic carbocycles. The summed E-state index contributed by atoms with van der Waals surface area (Å²) in [5.41, 5.74) is 5.76. The molecule has 1 fully saturated rings. The van der Waals surface area contributed by atoms with Gasteiger partial charge in [0.25, 0.3) is 0 Å². The number of nitrogen functional groups attached to an aromatic ring is 1. The average molecular weight is 220 g/mol. The van der Waals surface area contributed by atoms with Gasteiger partial charge in [-0.1, -0.05) is 13.8 Å². The lowest BCUT2D eigenvalue weighted by Crippen LogP contribution is -2.39. The zero-order valence-electron chi connectivity index (χ0n) is 10.3. The minimum absolute atomic E-state index is 0.563. The van der Waals surface area contributed by atoms with Crippen molar-refractivity contribution in [2.45, 2.75) is 27.2 Å². The molecule has 2 atom stereocenters. The van der Waals surface area contributed by atoms with E-state index < -0.39 is 0 Å². The molecule has 88 valence electrons. The third-order valence-electron chi connectivity index (χ3n) is 3.04. The second kappa shape index (κ2) is 4.28. The summed E-state index contributed by atoms with van der Waals surface area (Å²) in [4.78, 5) is 10.9. The van der Waals surface area contributed by atoms with E-state index in [1.54, 1.807) is 0 Å². The van der Waals surface area contributed by atoms with E-state index in [-0.39, 0.29) is 0 Å². The smallest absolute Gasteiger partial charge is 0.134 e. The summed E-state index contributed by atoms with van der Waals surface area (Å²) in [5.74, 6) is 3.73. The number of hydrogen-bond acceptors (Lipinski definition) is 4. The van der Waals surface area contributed by atoms with Crippen LogP contribution in [0.5, 0.6) is 0 Å². The van der Waals surface area contributed by atoms with Gasteiger partial charge in [0.2, 0.25) is 0 Å². The first-order valence-electron chi connectivity index (χ1n) is 5.90. The summed E-state index contributed by atoms with van der Waals surface area (Å²) in [6, 6.07) is 1.87. The Bertz CT molecular complexity index is 347. The highest BCUT2D eigenvalue weighted by atomic mass is 15.2. The fourth-order valence-electron chi connectivity index (χ4n) is 2.59. The molecule has 1 saturated heterocycles. The molecule has 2 heterocycles. The first kappa shape index (κ1) is 11.2. The second-order valence-corrected chi connectivity index (χ2v) is 5.05. The van der Waals surface area contributed by atoms with Gasteiger partial charge in [-0.3, -0.25) is 0 Å². The third-order valence-corrected chi connectivity index (χ3v) is 3.04. The van der Waals surface area contributed by atoms with E-state index in [4.69, 9.17) is 5.73 Å². The Morgan fingerprint density at radius 2 is 1.88 bits per heavy atom. The van der Waals surface area contributed by atoms with Crippen molar-refractivity contribution in [1.29, 1.82) is 0 Å². The third kappa shape index (κ3) is 2.43. The Kier molecular flexibility index (Phi) is 2.99. The maximum Gasteiger partial charge on any atom is 0.134 e. The van der Waals surface area contributed by atoms with Gasteiger partial charge in [0.15, 0.2) is 0 Å². The van der Waals surface area contributed by atoms with Crippen LogP contribution in [0.2, 0.25) is 0 Å². The topological polar surface area (TPSA) is 55.0 Å². The molecule has 2 rings (SSSR count). The fourth-order valence-corrected chi connectivity index (χ4v) is 2.59. The maximum absolute atomic E-state index is 5.76. The first-order chi connectivity index (χ1) is 7.54. The summed E-state index contributed by atoms with van der Waals surface area (Å²) in [5, 5.41) is 0. The first-order valence-corrected chi connectivity index (χ1v) is 5.90. The average Bonchev–Trinajstić information content (AvgIpc) is 2.14. The van der Waals surface area contributed by atoms with Crippen molar-refractivity contribution >= 4 is 11.6 Å². The van der Waals surface area contributed by atoms with Crippen LogP contribution in [-0.2, 0) is 0 Å². The van der Waals surface area contributed by atoms with E-state index >= 15 is 0 Å². The lowest BCUT2D eigenvalue weighted by atomic mass is 9.92. The van der Waals surface area contributed by atoms with Crippen LogP contribution in [0.25, 0.3) is 0 Å². The standard InChI is InChI=1S/C12H20N4/c1-8-4-9(2)7-16(6-8)12-5-11(13)14-10(3)15-12/h5,8-9H,4,6-7H2,1-3H3,(H2,13,14,15). The van der Waals surface area contributed by atoms with Crippen molar-refractivity contribution < 1.29 is 0 Å². The number of aromatic nitrogens is 2. The van der Waals surface area contributed by atoms with E-state index in [9.17, 15) is 0 Å². The van der Waals surface area contributed by atoms with Crippen LogP contribution in [0.4, 0.5) is 11.6 Å². The van der Waals surface area contributed by atoms with Crippen LogP contribution in [-0.4, -0.2) is 23.1 Å². The molecule has 4 nitrogen and oxygen atoms in total. The molecule has 0 bridgehead atoms. The Labute approximate surface area is 96.9 Å². The molecule has 0 saturated carbocycles. The van der Waals surface area contributed by atoms with Crippen LogP contribution in [0.1, 0.15) is 26.1 Å². The Balaban J connectivity index is 2.22. The summed E-state index contributed by atoms with van der Waals surface area (Å²) in [6.07, 6.45) is 1.30. The summed E-state index contributed by atoms with van der Waals surface area (Å²) in [7, 11) is 0. The molecule has 16 heavy (non-hydrogen) atoms. The molecule has 0 amide bonds. The van der Waals surface area contributed by atoms with Gasteiger partial charge in [-0.2, -0.15) is 0 Å². The van der Waals surface area contributed by atoms with Crippen molar-refractivity contribution in [3.8, 4) is 0 Å². The quantitative estimate of drug-likeness (QED) is 0.784. The molecule has 2 N–H and O–H groups in total. The van der Waals surface area contributed by atoms with Crippen molar-refractivity contribution in [1.82, 2.24) is 9.97 Å². The Morgan fingerprint density at radius 1 is 1.25 bits per heavy atom. The SMILES string of the molecule is Cc1nc(N)cc(N2CC(C)CC(C)C2)n1. The van der Waals surface area contributed by atoms with Gasteiger partial charge in [-0.15, -0.1) is 0 Å². The van der Waals surface area contributed by atoms with Gasteiger partial charge >= 0.3 is 0 Å². The number of piperidine rings is 1. The number of nitrogens with two attached hydrogens (primary N) is 1. The molecular formula is C12H20N4. The monoisotopic (exact) mass is 220 g/mol. The van der Waals surface area contributed by atoms with Crippen molar-refractivity contribution in [3.05, 3.63) is 11.9 Å². The van der Waals surface area contributed by atoms with Gasteiger partial charge in [-0.05, 0) is 25.2 Å². The highest BCUT2D eigenvalue weighted by molar-refractivity contribution is 5.47. The zero-order valence-corrected chi connectivity index (χ0v) is 10.3. The van der Waals surface area contributed by atoms with E-state index in [2.05, 4.69) is 28.7 Å². The molecule has 0 radical (unpaired) electrons. The van der Waals surface area contributed by atoms with Crippen molar-refractivity contribution in [3.63, 3.8) is 0 Å². The van der Waals surface area contributed by atoms with E-state index in [1.807, 2.05) is 13.0 Å². The molecule has 2 unspecified atom stereocenters. The number of nitrogens with zero attached hydrogens (tertiary/aromatic N) is 3. The predicted molar refractivity (Wildman–Crippen MR) is 66.3 cm³/mol. The van der Waals surface area contributed by atoms with Crippen LogP contribution in [0.15, 0.2) is 6.07 Å². The van der Waals surface area contributed by atoms with Gasteiger partial charge in [-0.25, -0.2) is 9.97 Å². The van der Waals surface area contributed by atoms with Crippen LogP contribution in [0.3, 0.4) is 0 Å². The van der Waals surface area contributed by atoms with Crippen LogP contribution >= 0.6 is 0 Å². The van der Waals surface area contributed by atoms with Gasteiger partial charge in [0.05, 0.1) is 0 Å². The molecule has 0 spiro atoms.